The summed E-state index contributed by atoms with van der Waals surface area (Å²) < 4.78 is 6.95. The van der Waals surface area contributed by atoms with Crippen molar-refractivity contribution in [3.63, 3.8) is 0 Å². The van der Waals surface area contributed by atoms with Crippen molar-refractivity contribution in [3.05, 3.63) is 18.0 Å². The van der Waals surface area contributed by atoms with Crippen molar-refractivity contribution in [2.75, 3.05) is 13.7 Å². The Labute approximate surface area is 84.2 Å². The van der Waals surface area contributed by atoms with Gasteiger partial charge in [0, 0.05) is 25.4 Å². The van der Waals surface area contributed by atoms with Crippen molar-refractivity contribution >= 4 is 0 Å². The van der Waals surface area contributed by atoms with Crippen molar-refractivity contribution in [2.45, 2.75) is 25.9 Å². The lowest BCUT2D eigenvalue weighted by atomic mass is 10.2. The predicted molar refractivity (Wildman–Crippen MR) is 54.5 cm³/mol. The van der Waals surface area contributed by atoms with Crippen LogP contribution in [0.25, 0.3) is 0 Å². The van der Waals surface area contributed by atoms with Crippen LogP contribution in [0.2, 0.25) is 0 Å². The minimum atomic E-state index is 0.0191. The van der Waals surface area contributed by atoms with Crippen LogP contribution in [0, 0.1) is 0 Å². The van der Waals surface area contributed by atoms with E-state index in [1.807, 2.05) is 17.1 Å². The first-order chi connectivity index (χ1) is 6.81. The lowest BCUT2D eigenvalue weighted by Crippen LogP contribution is -2.30. The highest BCUT2D eigenvalue weighted by molar-refractivity contribution is 5.10. The van der Waals surface area contributed by atoms with Gasteiger partial charge in [0.2, 0.25) is 0 Å². The highest BCUT2D eigenvalue weighted by Crippen LogP contribution is 2.10. The number of nitrogens with two attached hydrogens (primary N) is 1. The number of methoxy groups -OCH3 is 1. The number of aryl methyl sites for hydroxylation is 1. The van der Waals surface area contributed by atoms with Gasteiger partial charge in [0.05, 0.1) is 18.8 Å². The van der Waals surface area contributed by atoms with Gasteiger partial charge in [-0.25, -0.2) is 0 Å². The van der Waals surface area contributed by atoms with E-state index >= 15 is 0 Å². The van der Waals surface area contributed by atoms with Gasteiger partial charge in [-0.05, 0) is 6.42 Å². The van der Waals surface area contributed by atoms with E-state index in [0.29, 0.717) is 6.61 Å². The summed E-state index contributed by atoms with van der Waals surface area (Å²) in [5.74, 6) is 5.41. The third kappa shape index (κ3) is 2.80. The molecule has 14 heavy (non-hydrogen) atoms. The Bertz CT molecular complexity index is 261. The van der Waals surface area contributed by atoms with Crippen LogP contribution in [0.3, 0.4) is 0 Å². The van der Waals surface area contributed by atoms with Gasteiger partial charge in [-0.1, -0.05) is 6.92 Å². The Morgan fingerprint density at radius 2 is 2.50 bits per heavy atom. The quantitative estimate of drug-likeness (QED) is 0.514. The van der Waals surface area contributed by atoms with E-state index in [2.05, 4.69) is 17.4 Å². The zero-order valence-corrected chi connectivity index (χ0v) is 8.73. The van der Waals surface area contributed by atoms with Gasteiger partial charge in [-0.15, -0.1) is 0 Å². The van der Waals surface area contributed by atoms with E-state index in [1.54, 1.807) is 7.11 Å². The van der Waals surface area contributed by atoms with Crippen molar-refractivity contribution in [1.29, 1.82) is 0 Å². The molecule has 1 aromatic heterocycles. The van der Waals surface area contributed by atoms with Gasteiger partial charge < -0.3 is 4.74 Å². The molecule has 0 saturated carbocycles. The average Bonchev–Trinajstić information content (AvgIpc) is 2.63. The molecule has 0 fully saturated rings. The van der Waals surface area contributed by atoms with Crippen LogP contribution < -0.4 is 11.3 Å². The fourth-order valence-electron chi connectivity index (χ4n) is 1.32. The second-order valence-electron chi connectivity index (χ2n) is 3.21. The molecule has 0 saturated heterocycles. The molecule has 0 aromatic carbocycles. The summed E-state index contributed by atoms with van der Waals surface area (Å²) in [5, 5.41) is 4.22. The van der Waals surface area contributed by atoms with E-state index in [1.165, 1.54) is 0 Å². The summed E-state index contributed by atoms with van der Waals surface area (Å²) in [6, 6.07) is 0.0191. The Balaban J connectivity index is 2.63. The summed E-state index contributed by atoms with van der Waals surface area (Å²) >= 11 is 0. The minimum Gasteiger partial charge on any atom is -0.383 e. The fourth-order valence-corrected chi connectivity index (χ4v) is 1.32. The highest BCUT2D eigenvalue weighted by Gasteiger charge is 2.10. The number of nitrogens with one attached hydrogen (secondary N) is 1. The SMILES string of the molecule is CCCn1cc(C(COC)NN)cn1. The standard InChI is InChI=1S/C9H18N4O/c1-3-4-13-6-8(5-11-13)9(12-10)7-14-2/h5-6,9,12H,3-4,7,10H2,1-2H3. The number of rotatable bonds is 6. The van der Waals surface area contributed by atoms with Gasteiger partial charge in [0.1, 0.15) is 0 Å². The molecule has 1 aromatic rings. The summed E-state index contributed by atoms with van der Waals surface area (Å²) in [4.78, 5) is 0. The van der Waals surface area contributed by atoms with E-state index in [9.17, 15) is 0 Å². The second kappa shape index (κ2) is 5.74. The first kappa shape index (κ1) is 11.2. The molecule has 1 rings (SSSR count). The Morgan fingerprint density at radius 3 is 3.07 bits per heavy atom. The van der Waals surface area contributed by atoms with Crippen LogP contribution in [0.1, 0.15) is 24.9 Å². The molecule has 5 heteroatoms. The molecule has 1 heterocycles. The van der Waals surface area contributed by atoms with E-state index in [4.69, 9.17) is 10.6 Å². The molecule has 80 valence electrons. The molecule has 0 aliphatic carbocycles. The third-order valence-corrected chi connectivity index (χ3v) is 2.04. The van der Waals surface area contributed by atoms with Gasteiger partial charge in [0.15, 0.2) is 0 Å². The number of hydrogen-bond acceptors (Lipinski definition) is 4. The molecular weight excluding hydrogens is 180 g/mol. The molecule has 0 bridgehead atoms. The number of nitrogens with zero attached hydrogens (tertiary/aromatic N) is 2. The maximum Gasteiger partial charge on any atom is 0.0724 e. The van der Waals surface area contributed by atoms with Crippen LogP contribution in [0.5, 0.6) is 0 Å². The Hall–Kier alpha value is -0.910. The fraction of sp³-hybridized carbons (Fsp3) is 0.667. The number of hydrazine groups is 1. The second-order valence-corrected chi connectivity index (χ2v) is 3.21. The zero-order valence-electron chi connectivity index (χ0n) is 8.73. The summed E-state index contributed by atoms with van der Waals surface area (Å²) in [7, 11) is 1.65. The van der Waals surface area contributed by atoms with Crippen LogP contribution in [0.15, 0.2) is 12.4 Å². The van der Waals surface area contributed by atoms with Crippen LogP contribution in [-0.2, 0) is 11.3 Å². The van der Waals surface area contributed by atoms with Crippen molar-refractivity contribution < 1.29 is 4.74 Å². The average molecular weight is 198 g/mol. The number of aromatic nitrogens is 2. The summed E-state index contributed by atoms with van der Waals surface area (Å²) in [5.41, 5.74) is 3.75. The maximum atomic E-state index is 5.41. The molecule has 0 amide bonds. The zero-order chi connectivity index (χ0) is 10.4. The van der Waals surface area contributed by atoms with Crippen LogP contribution >= 0.6 is 0 Å². The monoisotopic (exact) mass is 198 g/mol. The topological polar surface area (TPSA) is 65.1 Å². The molecule has 0 aliphatic rings. The van der Waals surface area contributed by atoms with Gasteiger partial charge in [0.25, 0.3) is 0 Å². The van der Waals surface area contributed by atoms with Gasteiger partial charge >= 0.3 is 0 Å². The molecule has 1 unspecified atom stereocenters. The first-order valence-corrected chi connectivity index (χ1v) is 4.79. The van der Waals surface area contributed by atoms with Gasteiger partial charge in [-0.2, -0.15) is 5.10 Å². The number of hydrogen-bond donors (Lipinski definition) is 2. The van der Waals surface area contributed by atoms with Crippen molar-refractivity contribution in [2.24, 2.45) is 5.84 Å². The third-order valence-electron chi connectivity index (χ3n) is 2.04. The van der Waals surface area contributed by atoms with Crippen molar-refractivity contribution in [3.8, 4) is 0 Å². The van der Waals surface area contributed by atoms with E-state index < -0.39 is 0 Å². The predicted octanol–water partition coefficient (Wildman–Crippen LogP) is 0.444. The number of ether oxygens (including phenoxy) is 1. The summed E-state index contributed by atoms with van der Waals surface area (Å²) in [6.45, 7) is 3.60. The van der Waals surface area contributed by atoms with Crippen LogP contribution in [-0.4, -0.2) is 23.5 Å². The lowest BCUT2D eigenvalue weighted by Gasteiger charge is -2.11. The highest BCUT2D eigenvalue weighted by atomic mass is 16.5. The normalized spacial score (nSPS) is 13.1. The molecule has 0 aliphatic heterocycles. The van der Waals surface area contributed by atoms with E-state index in [0.717, 1.165) is 18.5 Å². The minimum absolute atomic E-state index is 0.0191. The molecule has 5 nitrogen and oxygen atoms in total. The lowest BCUT2D eigenvalue weighted by molar-refractivity contribution is 0.167. The molecule has 1 atom stereocenters. The van der Waals surface area contributed by atoms with Crippen LogP contribution in [0.4, 0.5) is 0 Å². The van der Waals surface area contributed by atoms with Crippen molar-refractivity contribution in [1.82, 2.24) is 15.2 Å². The molecule has 0 spiro atoms. The molecule has 0 radical (unpaired) electrons. The molecular formula is C9H18N4O. The maximum absolute atomic E-state index is 5.41. The largest absolute Gasteiger partial charge is 0.383 e. The molecule has 3 N–H and O–H groups in total. The Morgan fingerprint density at radius 1 is 1.71 bits per heavy atom. The first-order valence-electron chi connectivity index (χ1n) is 4.79. The smallest absolute Gasteiger partial charge is 0.0724 e. The Kier molecular flexibility index (Phi) is 4.58. The summed E-state index contributed by atoms with van der Waals surface area (Å²) in [6.07, 6.45) is 4.89. The van der Waals surface area contributed by atoms with Gasteiger partial charge in [-0.3, -0.25) is 16.0 Å². The van der Waals surface area contributed by atoms with E-state index in [-0.39, 0.29) is 6.04 Å².